The van der Waals surface area contributed by atoms with Gasteiger partial charge in [0, 0.05) is 5.69 Å². The van der Waals surface area contributed by atoms with Gasteiger partial charge < -0.3 is 15.2 Å². The lowest BCUT2D eigenvalue weighted by Gasteiger charge is -2.20. The second-order valence-electron chi connectivity index (χ2n) is 5.71. The molecule has 1 fully saturated rings. The summed E-state index contributed by atoms with van der Waals surface area (Å²) in [6.45, 7) is 8.61. The minimum Gasteiger partial charge on any atom is -0.491 e. The molecule has 1 aromatic rings. The number of hydrogen-bond donors (Lipinski definition) is 1. The van der Waals surface area contributed by atoms with E-state index < -0.39 is 0 Å². The molecule has 1 aliphatic rings. The average molecular weight is 261 g/mol. The van der Waals surface area contributed by atoms with E-state index >= 15 is 0 Å². The van der Waals surface area contributed by atoms with Gasteiger partial charge in [-0.15, -0.1) is 6.58 Å². The Bertz CT molecular complexity index is 454. The highest BCUT2D eigenvalue weighted by atomic mass is 16.6. The highest BCUT2D eigenvalue weighted by molar-refractivity contribution is 5.48. The van der Waals surface area contributed by atoms with E-state index in [1.165, 1.54) is 0 Å². The lowest BCUT2D eigenvalue weighted by Crippen LogP contribution is -2.24. The minimum atomic E-state index is -0.0148. The van der Waals surface area contributed by atoms with Gasteiger partial charge in [0.05, 0.1) is 11.7 Å². The van der Waals surface area contributed by atoms with Gasteiger partial charge in [-0.05, 0) is 56.9 Å². The molecule has 0 bridgehead atoms. The van der Waals surface area contributed by atoms with Crippen LogP contribution in [-0.2, 0) is 11.2 Å². The van der Waals surface area contributed by atoms with Crippen molar-refractivity contribution < 1.29 is 9.47 Å². The Morgan fingerprint density at radius 2 is 2.32 bits per heavy atom. The molecule has 3 nitrogen and oxygen atoms in total. The summed E-state index contributed by atoms with van der Waals surface area (Å²) in [6, 6.07) is 5.73. The molecule has 1 saturated heterocycles. The van der Waals surface area contributed by atoms with Crippen molar-refractivity contribution in [1.82, 2.24) is 0 Å². The Labute approximate surface area is 115 Å². The highest BCUT2D eigenvalue weighted by Gasteiger charge is 2.31. The molecule has 3 heteroatoms. The van der Waals surface area contributed by atoms with E-state index in [9.17, 15) is 0 Å². The van der Waals surface area contributed by atoms with Crippen LogP contribution in [0.25, 0.3) is 0 Å². The standard InChI is InChI=1S/C16H23NO2/c1-4-5-12-10-13(17)6-7-15(12)18-11-14-8-9-16(2,3)19-14/h4,6-7,10,14H,1,5,8-9,11,17H2,2-3H3. The third-order valence-corrected chi connectivity index (χ3v) is 3.43. The fourth-order valence-electron chi connectivity index (χ4n) is 2.43. The monoisotopic (exact) mass is 261 g/mol. The number of ether oxygens (including phenoxy) is 2. The van der Waals surface area contributed by atoms with Crippen LogP contribution in [0.2, 0.25) is 0 Å². The molecule has 1 aromatic carbocycles. The van der Waals surface area contributed by atoms with Crippen molar-refractivity contribution in [2.45, 2.75) is 44.8 Å². The normalized spacial score (nSPS) is 21.3. The van der Waals surface area contributed by atoms with Crippen LogP contribution in [0.15, 0.2) is 30.9 Å². The maximum atomic E-state index is 5.92. The van der Waals surface area contributed by atoms with Crippen molar-refractivity contribution in [2.24, 2.45) is 0 Å². The Hall–Kier alpha value is -1.48. The van der Waals surface area contributed by atoms with Gasteiger partial charge in [-0.25, -0.2) is 0 Å². The van der Waals surface area contributed by atoms with Crippen LogP contribution in [0.5, 0.6) is 5.75 Å². The van der Waals surface area contributed by atoms with E-state index in [0.29, 0.717) is 6.61 Å². The van der Waals surface area contributed by atoms with Crippen molar-refractivity contribution in [3.05, 3.63) is 36.4 Å². The molecule has 1 heterocycles. The molecule has 1 atom stereocenters. The number of hydrogen-bond acceptors (Lipinski definition) is 3. The zero-order valence-electron chi connectivity index (χ0n) is 11.8. The Morgan fingerprint density at radius 1 is 1.53 bits per heavy atom. The summed E-state index contributed by atoms with van der Waals surface area (Å²) in [5.74, 6) is 0.877. The van der Waals surface area contributed by atoms with Crippen molar-refractivity contribution >= 4 is 5.69 Å². The van der Waals surface area contributed by atoms with Gasteiger partial charge in [-0.1, -0.05) is 6.08 Å². The van der Waals surface area contributed by atoms with Crippen molar-refractivity contribution in [3.8, 4) is 5.75 Å². The van der Waals surface area contributed by atoms with Crippen LogP contribution in [0.3, 0.4) is 0 Å². The Morgan fingerprint density at radius 3 is 2.95 bits per heavy atom. The van der Waals surface area contributed by atoms with Gasteiger partial charge in [0.1, 0.15) is 12.4 Å². The molecule has 0 spiro atoms. The summed E-state index contributed by atoms with van der Waals surface area (Å²) >= 11 is 0. The summed E-state index contributed by atoms with van der Waals surface area (Å²) in [5, 5.41) is 0. The quantitative estimate of drug-likeness (QED) is 0.653. The van der Waals surface area contributed by atoms with Gasteiger partial charge in [0.25, 0.3) is 0 Å². The second-order valence-corrected chi connectivity index (χ2v) is 5.71. The molecule has 2 rings (SSSR count). The summed E-state index contributed by atoms with van der Waals surface area (Å²) in [5.41, 5.74) is 7.61. The first-order chi connectivity index (χ1) is 9.00. The summed E-state index contributed by atoms with van der Waals surface area (Å²) in [4.78, 5) is 0. The number of benzene rings is 1. The van der Waals surface area contributed by atoms with Gasteiger partial charge in [-0.3, -0.25) is 0 Å². The smallest absolute Gasteiger partial charge is 0.123 e. The van der Waals surface area contributed by atoms with E-state index in [1.54, 1.807) is 0 Å². The number of nitrogen functional groups attached to an aromatic ring is 1. The first-order valence-corrected chi connectivity index (χ1v) is 6.80. The van der Waals surface area contributed by atoms with E-state index in [0.717, 1.165) is 36.3 Å². The van der Waals surface area contributed by atoms with E-state index in [-0.39, 0.29) is 11.7 Å². The van der Waals surface area contributed by atoms with Crippen LogP contribution in [0.4, 0.5) is 5.69 Å². The zero-order valence-corrected chi connectivity index (χ0v) is 11.8. The van der Waals surface area contributed by atoms with Crippen molar-refractivity contribution in [3.63, 3.8) is 0 Å². The molecule has 0 saturated carbocycles. The molecule has 0 aliphatic carbocycles. The zero-order chi connectivity index (χ0) is 13.9. The number of rotatable bonds is 5. The van der Waals surface area contributed by atoms with Crippen LogP contribution >= 0.6 is 0 Å². The molecule has 1 unspecified atom stereocenters. The maximum absolute atomic E-state index is 5.92. The van der Waals surface area contributed by atoms with Gasteiger partial charge in [0.2, 0.25) is 0 Å². The van der Waals surface area contributed by atoms with Crippen molar-refractivity contribution in [2.75, 3.05) is 12.3 Å². The van der Waals surface area contributed by atoms with Crippen LogP contribution in [-0.4, -0.2) is 18.3 Å². The fraction of sp³-hybridized carbons (Fsp3) is 0.500. The van der Waals surface area contributed by atoms with Gasteiger partial charge >= 0.3 is 0 Å². The molecular weight excluding hydrogens is 238 g/mol. The van der Waals surface area contributed by atoms with Gasteiger partial charge in [-0.2, -0.15) is 0 Å². The first kappa shape index (κ1) is 13.9. The molecule has 0 radical (unpaired) electrons. The first-order valence-electron chi connectivity index (χ1n) is 6.80. The Balaban J connectivity index is 1.97. The summed E-state index contributed by atoms with van der Waals surface area (Å²) in [7, 11) is 0. The third-order valence-electron chi connectivity index (χ3n) is 3.43. The Kier molecular flexibility index (Phi) is 4.15. The molecule has 0 aromatic heterocycles. The van der Waals surface area contributed by atoms with Gasteiger partial charge in [0.15, 0.2) is 0 Å². The van der Waals surface area contributed by atoms with Crippen LogP contribution in [0, 0.1) is 0 Å². The molecule has 2 N–H and O–H groups in total. The van der Waals surface area contributed by atoms with Crippen molar-refractivity contribution in [1.29, 1.82) is 0 Å². The second kappa shape index (κ2) is 5.66. The largest absolute Gasteiger partial charge is 0.491 e. The lowest BCUT2D eigenvalue weighted by molar-refractivity contribution is -0.0327. The lowest BCUT2D eigenvalue weighted by atomic mass is 10.1. The predicted molar refractivity (Wildman–Crippen MR) is 78.4 cm³/mol. The maximum Gasteiger partial charge on any atom is 0.123 e. The SMILES string of the molecule is C=CCc1cc(N)ccc1OCC1CCC(C)(C)O1. The number of allylic oxidation sites excluding steroid dienone is 1. The number of nitrogens with two attached hydrogens (primary N) is 1. The van der Waals surface area contributed by atoms with Crippen LogP contribution in [0.1, 0.15) is 32.3 Å². The molecule has 0 amide bonds. The minimum absolute atomic E-state index is 0.0148. The predicted octanol–water partition coefficient (Wildman–Crippen LogP) is 3.33. The van der Waals surface area contributed by atoms with E-state index in [2.05, 4.69) is 20.4 Å². The fourth-order valence-corrected chi connectivity index (χ4v) is 2.43. The molecule has 19 heavy (non-hydrogen) atoms. The van der Waals surface area contributed by atoms with Crippen LogP contribution < -0.4 is 10.5 Å². The van der Waals surface area contributed by atoms with E-state index in [4.69, 9.17) is 15.2 Å². The third kappa shape index (κ3) is 3.74. The molecule has 104 valence electrons. The summed E-state index contributed by atoms with van der Waals surface area (Å²) in [6.07, 6.45) is 4.94. The summed E-state index contributed by atoms with van der Waals surface area (Å²) < 4.78 is 11.8. The molecular formula is C16H23NO2. The van der Waals surface area contributed by atoms with E-state index in [1.807, 2.05) is 24.3 Å². The molecule has 1 aliphatic heterocycles. The number of anilines is 1. The topological polar surface area (TPSA) is 44.5 Å². The highest BCUT2D eigenvalue weighted by Crippen LogP contribution is 2.30. The average Bonchev–Trinajstić information content (AvgIpc) is 2.68.